The van der Waals surface area contributed by atoms with E-state index in [0.29, 0.717) is 0 Å². The van der Waals surface area contributed by atoms with Crippen molar-refractivity contribution in [2.75, 3.05) is 6.61 Å². The molecule has 0 fully saturated rings. The summed E-state index contributed by atoms with van der Waals surface area (Å²) >= 11 is 0. The molecule has 144 valence electrons. The maximum absolute atomic E-state index is 11.2. The number of carbonyl (C=O) groups is 2. The van der Waals surface area contributed by atoms with E-state index in [-0.39, 0.29) is 12.5 Å². The van der Waals surface area contributed by atoms with E-state index in [1.54, 1.807) is 0 Å². The highest BCUT2D eigenvalue weighted by Gasteiger charge is 2.03. The lowest BCUT2D eigenvalue weighted by atomic mass is 10.0. The van der Waals surface area contributed by atoms with Crippen LogP contribution >= 0.6 is 0 Å². The Hall–Kier alpha value is -1.84. The molecule has 0 unspecified atom stereocenters. The van der Waals surface area contributed by atoms with Crippen LogP contribution in [0.2, 0.25) is 0 Å². The lowest BCUT2D eigenvalue weighted by Crippen LogP contribution is -2.14. The Labute approximate surface area is 154 Å². The van der Waals surface area contributed by atoms with E-state index in [4.69, 9.17) is 5.73 Å². The van der Waals surface area contributed by atoms with Gasteiger partial charge < -0.3 is 10.5 Å². The van der Waals surface area contributed by atoms with Crippen LogP contribution in [-0.2, 0) is 14.3 Å². The third-order valence-electron chi connectivity index (χ3n) is 3.57. The summed E-state index contributed by atoms with van der Waals surface area (Å²) in [5, 5.41) is 0. The second-order valence-corrected chi connectivity index (χ2v) is 5.88. The van der Waals surface area contributed by atoms with Gasteiger partial charge in [0, 0.05) is 11.6 Å². The van der Waals surface area contributed by atoms with E-state index in [0.717, 1.165) is 30.9 Å². The van der Waals surface area contributed by atoms with Crippen LogP contribution in [-0.4, -0.2) is 18.5 Å². The molecule has 0 spiro atoms. The van der Waals surface area contributed by atoms with Crippen molar-refractivity contribution in [1.29, 1.82) is 0 Å². The summed E-state index contributed by atoms with van der Waals surface area (Å²) < 4.78 is 4.47. The van der Waals surface area contributed by atoms with Gasteiger partial charge in [0.05, 0.1) is 0 Å². The van der Waals surface area contributed by atoms with Crippen LogP contribution in [0.25, 0.3) is 0 Å². The summed E-state index contributed by atoms with van der Waals surface area (Å²) in [6.07, 6.45) is 16.3. The fraction of sp³-hybridized carbons (Fsp3) is 0.619. The monoisotopic (exact) mass is 351 g/mol. The van der Waals surface area contributed by atoms with Gasteiger partial charge in [-0.15, -0.1) is 0 Å². The van der Waals surface area contributed by atoms with E-state index < -0.39 is 5.97 Å². The van der Waals surface area contributed by atoms with E-state index in [1.807, 2.05) is 0 Å². The number of nitrogens with two attached hydrogens (primary N) is 1. The van der Waals surface area contributed by atoms with Gasteiger partial charge in [-0.25, -0.2) is 4.79 Å². The fourth-order valence-electron chi connectivity index (χ4n) is 2.12. The topological polar surface area (TPSA) is 69.4 Å². The van der Waals surface area contributed by atoms with Crippen LogP contribution in [0.5, 0.6) is 0 Å². The van der Waals surface area contributed by atoms with E-state index in [1.165, 1.54) is 51.0 Å². The van der Waals surface area contributed by atoms with Crippen molar-refractivity contribution in [3.63, 3.8) is 0 Å². The van der Waals surface area contributed by atoms with Gasteiger partial charge in [0.2, 0.25) is 5.91 Å². The second kappa shape index (κ2) is 20.2. The smallest absolute Gasteiger partial charge is 0.330 e. The van der Waals surface area contributed by atoms with Crippen molar-refractivity contribution in [3.8, 4) is 0 Å². The van der Waals surface area contributed by atoms with Gasteiger partial charge >= 0.3 is 5.97 Å². The van der Waals surface area contributed by atoms with E-state index >= 15 is 0 Å². The Morgan fingerprint density at radius 1 is 0.960 bits per heavy atom. The molecule has 0 aliphatic rings. The summed E-state index contributed by atoms with van der Waals surface area (Å²) in [7, 11) is 0. The predicted molar refractivity (Wildman–Crippen MR) is 106 cm³/mol. The Bertz CT molecular complexity index is 400. The number of hydrogen-bond donors (Lipinski definition) is 1. The Morgan fingerprint density at radius 2 is 1.56 bits per heavy atom. The minimum absolute atomic E-state index is 0.225. The fourth-order valence-corrected chi connectivity index (χ4v) is 2.12. The molecule has 4 heteroatoms. The summed E-state index contributed by atoms with van der Waals surface area (Å²) in [5.41, 5.74) is 6.23. The number of carbonyl (C=O) groups excluding carboxylic acids is 2. The quantitative estimate of drug-likeness (QED) is 0.201. The third kappa shape index (κ3) is 20.1. The second-order valence-electron chi connectivity index (χ2n) is 5.88. The minimum Gasteiger partial charge on any atom is -0.458 e. The van der Waals surface area contributed by atoms with Crippen molar-refractivity contribution >= 4 is 11.9 Å². The number of primary amides is 1. The third-order valence-corrected chi connectivity index (χ3v) is 3.57. The van der Waals surface area contributed by atoms with Gasteiger partial charge in [0.25, 0.3) is 0 Å². The maximum atomic E-state index is 11.2. The number of amides is 1. The van der Waals surface area contributed by atoms with Gasteiger partial charge in [0.1, 0.15) is 6.61 Å². The molecule has 0 bridgehead atoms. The molecule has 25 heavy (non-hydrogen) atoms. The van der Waals surface area contributed by atoms with Crippen molar-refractivity contribution in [2.24, 2.45) is 5.73 Å². The Balaban J connectivity index is 0. The molecule has 0 aliphatic heterocycles. The highest BCUT2D eigenvalue weighted by atomic mass is 16.5. The van der Waals surface area contributed by atoms with Crippen molar-refractivity contribution in [1.82, 2.24) is 0 Å². The molecule has 1 amide bonds. The van der Waals surface area contributed by atoms with E-state index in [9.17, 15) is 9.59 Å². The first-order valence-electron chi connectivity index (χ1n) is 9.42. The number of hydrogen-bond acceptors (Lipinski definition) is 3. The predicted octanol–water partition coefficient (Wildman–Crippen LogP) is 5.24. The normalized spacial score (nSPS) is 10.4. The Morgan fingerprint density at radius 3 is 2.04 bits per heavy atom. The molecule has 2 N–H and O–H groups in total. The lowest BCUT2D eigenvalue weighted by molar-refractivity contribution is -0.136. The largest absolute Gasteiger partial charge is 0.458 e. The highest BCUT2D eigenvalue weighted by molar-refractivity contribution is 5.91. The molecule has 4 nitrogen and oxygen atoms in total. The lowest BCUT2D eigenvalue weighted by Gasteiger charge is -2.03. The number of allylic oxidation sites excluding steroid dienone is 1. The zero-order valence-corrected chi connectivity index (χ0v) is 16.2. The molecule has 0 aromatic carbocycles. The van der Waals surface area contributed by atoms with E-state index in [2.05, 4.69) is 37.8 Å². The van der Waals surface area contributed by atoms with Crippen molar-refractivity contribution in [3.05, 3.63) is 37.0 Å². The molecule has 0 aromatic heterocycles. The van der Waals surface area contributed by atoms with Crippen LogP contribution < -0.4 is 5.73 Å². The summed E-state index contributed by atoms with van der Waals surface area (Å²) in [6.45, 7) is 11.2. The first kappa shape index (κ1) is 25.4. The van der Waals surface area contributed by atoms with Crippen LogP contribution in [0.15, 0.2) is 37.0 Å². The van der Waals surface area contributed by atoms with Gasteiger partial charge in [-0.1, -0.05) is 77.7 Å². The van der Waals surface area contributed by atoms with Crippen molar-refractivity contribution < 1.29 is 14.3 Å². The van der Waals surface area contributed by atoms with Crippen LogP contribution in [0.4, 0.5) is 0 Å². The molecule has 0 atom stereocenters. The molecule has 0 heterocycles. The van der Waals surface area contributed by atoms with Crippen LogP contribution in [0.3, 0.4) is 0 Å². The molecule has 0 aliphatic carbocycles. The molecule has 0 rings (SSSR count). The number of esters is 1. The minimum atomic E-state index is -0.412. The first-order valence-corrected chi connectivity index (χ1v) is 9.42. The molecule has 0 radical (unpaired) electrons. The van der Waals surface area contributed by atoms with Crippen molar-refractivity contribution in [2.45, 2.75) is 78.1 Å². The van der Waals surface area contributed by atoms with Gasteiger partial charge in [0.15, 0.2) is 0 Å². The summed E-state index contributed by atoms with van der Waals surface area (Å²) in [4.78, 5) is 21.4. The average molecular weight is 352 g/mol. The van der Waals surface area contributed by atoms with Gasteiger partial charge in [-0.3, -0.25) is 4.79 Å². The zero-order valence-electron chi connectivity index (χ0n) is 16.2. The molecular weight excluding hydrogens is 314 g/mol. The summed E-state index contributed by atoms with van der Waals surface area (Å²) in [6, 6.07) is 0. The van der Waals surface area contributed by atoms with Crippen LogP contribution in [0.1, 0.15) is 78.1 Å². The zero-order chi connectivity index (χ0) is 19.3. The van der Waals surface area contributed by atoms with Crippen LogP contribution in [0, 0.1) is 0 Å². The molecular formula is C21H37NO3. The standard InChI is InChI=1S/C15H29NO.C6H8O2/c1-3-5-7-9-11-13-14(15(16)17)12-10-8-6-4-2;1-3-5-8-6(7)4-2/h13H,3-12H2,1-2H3,(H2,16,17);3-4H,1-2,5H2. The number of unbranched alkanes of at least 4 members (excludes halogenated alkanes) is 7. The first-order chi connectivity index (χ1) is 12.0. The SMILES string of the molecule is C=CCOC(=O)C=C.CCCCCCC=C(CCCCCC)C(N)=O. The molecule has 0 saturated carbocycles. The summed E-state index contributed by atoms with van der Waals surface area (Å²) in [5.74, 6) is -0.637. The molecule has 0 saturated heterocycles. The van der Waals surface area contributed by atoms with Gasteiger partial charge in [-0.05, 0) is 25.7 Å². The van der Waals surface area contributed by atoms with Gasteiger partial charge in [-0.2, -0.15) is 0 Å². The highest BCUT2D eigenvalue weighted by Crippen LogP contribution is 2.12. The number of rotatable bonds is 14. The number of ether oxygens (including phenoxy) is 1. The average Bonchev–Trinajstić information content (AvgIpc) is 2.61. The molecule has 0 aromatic rings. The Kier molecular flexibility index (Phi) is 20.5. The maximum Gasteiger partial charge on any atom is 0.330 e.